The van der Waals surface area contributed by atoms with Crippen LogP contribution < -0.4 is 5.32 Å². The molecule has 0 fully saturated rings. The summed E-state index contributed by atoms with van der Waals surface area (Å²) in [5.74, 6) is 0. The Kier molecular flexibility index (Phi) is 4.16. The smallest absolute Gasteiger partial charge is 0.303 e. The number of alkyl halides is 3. The average Bonchev–Trinajstić information content (AvgIpc) is 2.12. The minimum Gasteiger partial charge on any atom is -0.303 e. The molecular weight excluding hydrogens is 271 g/mol. The molecule has 1 rings (SSSR count). The van der Waals surface area contributed by atoms with Crippen LogP contribution in [0.5, 0.6) is 0 Å². The zero-order chi connectivity index (χ0) is 11.5. The highest BCUT2D eigenvalue weighted by atomic mass is 79.9. The first-order valence-electron chi connectivity index (χ1n) is 4.50. The fraction of sp³-hybridized carbons (Fsp3) is 0.400. The maximum atomic E-state index is 12.6. The molecule has 0 aliphatic heterocycles. The van der Waals surface area contributed by atoms with Crippen LogP contribution in [0.1, 0.15) is 18.5 Å². The molecule has 5 heteroatoms. The summed E-state index contributed by atoms with van der Waals surface area (Å²) in [6.45, 7) is 1.92. The van der Waals surface area contributed by atoms with Crippen molar-refractivity contribution in [2.45, 2.75) is 19.1 Å². The average molecular weight is 282 g/mol. The number of nitrogens with one attached hydrogen (secondary N) is 1. The Balaban J connectivity index is 2.99. The minimum absolute atomic E-state index is 0.221. The summed E-state index contributed by atoms with van der Waals surface area (Å²) in [4.78, 5) is 0. The Hall–Kier alpha value is -0.550. The summed E-state index contributed by atoms with van der Waals surface area (Å²) in [5, 5.41) is 2.42. The lowest BCUT2D eigenvalue weighted by Gasteiger charge is -2.21. The summed E-state index contributed by atoms with van der Waals surface area (Å²) >= 11 is 3.15. The number of hydrogen-bond acceptors (Lipinski definition) is 1. The molecule has 1 nitrogen and oxygen atoms in total. The van der Waals surface area contributed by atoms with E-state index >= 15 is 0 Å². The van der Waals surface area contributed by atoms with Gasteiger partial charge in [-0.3, -0.25) is 0 Å². The van der Waals surface area contributed by atoms with Crippen molar-refractivity contribution >= 4 is 15.9 Å². The first kappa shape index (κ1) is 12.5. The number of benzene rings is 1. The third kappa shape index (κ3) is 3.50. The van der Waals surface area contributed by atoms with Crippen LogP contribution in [0.2, 0.25) is 0 Å². The standard InChI is InChI=1S/C10H11BrF3N/c1-2-15-9(10(12,13)14)7-4-3-5-8(11)6-7/h3-6,9,15H,2H2,1H3/t9-/m0/s1. The highest BCUT2D eigenvalue weighted by Crippen LogP contribution is 2.33. The largest absolute Gasteiger partial charge is 0.407 e. The van der Waals surface area contributed by atoms with Gasteiger partial charge in [-0.25, -0.2) is 0 Å². The summed E-state index contributed by atoms with van der Waals surface area (Å²) in [7, 11) is 0. The maximum Gasteiger partial charge on any atom is 0.407 e. The van der Waals surface area contributed by atoms with Crippen molar-refractivity contribution in [2.24, 2.45) is 0 Å². The van der Waals surface area contributed by atoms with Crippen LogP contribution in [-0.4, -0.2) is 12.7 Å². The predicted molar refractivity (Wildman–Crippen MR) is 56.6 cm³/mol. The molecule has 0 saturated carbocycles. The van der Waals surface area contributed by atoms with Gasteiger partial charge in [0.05, 0.1) is 0 Å². The predicted octanol–water partition coefficient (Wildman–Crippen LogP) is 3.66. The maximum absolute atomic E-state index is 12.6. The molecule has 0 aromatic heterocycles. The molecular formula is C10H11BrF3N. The van der Waals surface area contributed by atoms with Gasteiger partial charge in [0.25, 0.3) is 0 Å². The molecule has 0 aliphatic rings. The van der Waals surface area contributed by atoms with Gasteiger partial charge >= 0.3 is 6.18 Å². The van der Waals surface area contributed by atoms with Crippen LogP contribution in [0.25, 0.3) is 0 Å². The molecule has 0 bridgehead atoms. The summed E-state index contributed by atoms with van der Waals surface area (Å²) in [5.41, 5.74) is 0.221. The van der Waals surface area contributed by atoms with Crippen LogP contribution >= 0.6 is 15.9 Å². The van der Waals surface area contributed by atoms with Gasteiger partial charge in [0.15, 0.2) is 0 Å². The van der Waals surface area contributed by atoms with Crippen molar-refractivity contribution in [3.8, 4) is 0 Å². The van der Waals surface area contributed by atoms with Crippen molar-refractivity contribution < 1.29 is 13.2 Å². The topological polar surface area (TPSA) is 12.0 Å². The fourth-order valence-electron chi connectivity index (χ4n) is 1.31. The van der Waals surface area contributed by atoms with Crippen molar-refractivity contribution in [1.82, 2.24) is 5.32 Å². The number of halogens is 4. The quantitative estimate of drug-likeness (QED) is 0.892. The monoisotopic (exact) mass is 281 g/mol. The van der Waals surface area contributed by atoms with Crippen molar-refractivity contribution in [2.75, 3.05) is 6.54 Å². The minimum atomic E-state index is -4.27. The third-order valence-electron chi connectivity index (χ3n) is 1.92. The molecule has 0 radical (unpaired) electrons. The van der Waals surface area contributed by atoms with Gasteiger partial charge in [0.1, 0.15) is 6.04 Å². The van der Waals surface area contributed by atoms with E-state index in [0.29, 0.717) is 4.47 Å². The Morgan fingerprint density at radius 1 is 1.40 bits per heavy atom. The molecule has 0 spiro atoms. The Labute approximate surface area is 94.8 Å². The van der Waals surface area contributed by atoms with E-state index in [0.717, 1.165) is 0 Å². The Morgan fingerprint density at radius 2 is 2.07 bits per heavy atom. The zero-order valence-corrected chi connectivity index (χ0v) is 9.69. The lowest BCUT2D eigenvalue weighted by molar-refractivity contribution is -0.157. The molecule has 0 unspecified atom stereocenters. The second kappa shape index (κ2) is 4.99. The molecule has 15 heavy (non-hydrogen) atoms. The number of hydrogen-bond donors (Lipinski definition) is 1. The van der Waals surface area contributed by atoms with Crippen molar-refractivity contribution in [1.29, 1.82) is 0 Å². The molecule has 84 valence electrons. The van der Waals surface area contributed by atoms with E-state index in [1.807, 2.05) is 0 Å². The van der Waals surface area contributed by atoms with Gasteiger partial charge in [0.2, 0.25) is 0 Å². The lowest BCUT2D eigenvalue weighted by atomic mass is 10.1. The normalized spacial score (nSPS) is 13.9. The van der Waals surface area contributed by atoms with Crippen LogP contribution in [0.15, 0.2) is 28.7 Å². The molecule has 0 aliphatic carbocycles. The Morgan fingerprint density at radius 3 is 2.53 bits per heavy atom. The number of rotatable bonds is 3. The van der Waals surface area contributed by atoms with Gasteiger partial charge in [-0.05, 0) is 24.2 Å². The van der Waals surface area contributed by atoms with E-state index in [9.17, 15) is 13.2 Å². The van der Waals surface area contributed by atoms with Crippen LogP contribution in [0.3, 0.4) is 0 Å². The zero-order valence-electron chi connectivity index (χ0n) is 8.11. The van der Waals surface area contributed by atoms with E-state index in [1.54, 1.807) is 19.1 Å². The molecule has 1 aromatic rings. The van der Waals surface area contributed by atoms with Gasteiger partial charge < -0.3 is 5.32 Å². The van der Waals surface area contributed by atoms with E-state index < -0.39 is 12.2 Å². The molecule has 0 saturated heterocycles. The first-order chi connectivity index (χ1) is 6.95. The fourth-order valence-corrected chi connectivity index (χ4v) is 1.73. The third-order valence-corrected chi connectivity index (χ3v) is 2.41. The van der Waals surface area contributed by atoms with Crippen LogP contribution in [-0.2, 0) is 0 Å². The van der Waals surface area contributed by atoms with Gasteiger partial charge in [-0.2, -0.15) is 13.2 Å². The molecule has 1 N–H and O–H groups in total. The molecule has 0 heterocycles. The molecule has 0 amide bonds. The molecule has 1 atom stereocenters. The van der Waals surface area contributed by atoms with E-state index in [2.05, 4.69) is 21.2 Å². The SMILES string of the molecule is CCN[C@@H](c1cccc(Br)c1)C(F)(F)F. The highest BCUT2D eigenvalue weighted by Gasteiger charge is 2.40. The first-order valence-corrected chi connectivity index (χ1v) is 5.30. The highest BCUT2D eigenvalue weighted by molar-refractivity contribution is 9.10. The van der Waals surface area contributed by atoms with E-state index in [-0.39, 0.29) is 12.1 Å². The summed E-state index contributed by atoms with van der Waals surface area (Å²) < 4.78 is 38.6. The summed E-state index contributed by atoms with van der Waals surface area (Å²) in [6, 6.07) is 4.63. The van der Waals surface area contributed by atoms with Gasteiger partial charge in [-0.15, -0.1) is 0 Å². The second-order valence-electron chi connectivity index (χ2n) is 3.09. The van der Waals surface area contributed by atoms with E-state index in [1.165, 1.54) is 12.1 Å². The van der Waals surface area contributed by atoms with Gasteiger partial charge in [0, 0.05) is 4.47 Å². The molecule has 1 aromatic carbocycles. The van der Waals surface area contributed by atoms with Gasteiger partial charge in [-0.1, -0.05) is 35.0 Å². The van der Waals surface area contributed by atoms with Crippen molar-refractivity contribution in [3.05, 3.63) is 34.3 Å². The van der Waals surface area contributed by atoms with Crippen LogP contribution in [0.4, 0.5) is 13.2 Å². The second-order valence-corrected chi connectivity index (χ2v) is 4.00. The van der Waals surface area contributed by atoms with Crippen LogP contribution in [0, 0.1) is 0 Å². The van der Waals surface area contributed by atoms with Crippen molar-refractivity contribution in [3.63, 3.8) is 0 Å². The lowest BCUT2D eigenvalue weighted by Crippen LogP contribution is -2.33. The summed E-state index contributed by atoms with van der Waals surface area (Å²) in [6.07, 6.45) is -4.27. The Bertz CT molecular complexity index is 325. The van der Waals surface area contributed by atoms with E-state index in [4.69, 9.17) is 0 Å².